The number of aliphatic hydroxyl groups is 1. The fraction of sp³-hybridized carbons (Fsp3) is 0.261. The summed E-state index contributed by atoms with van der Waals surface area (Å²) in [6, 6.07) is 7.15. The van der Waals surface area contributed by atoms with E-state index in [1.54, 1.807) is 13.0 Å². The Morgan fingerprint density at radius 1 is 1.33 bits per heavy atom. The van der Waals surface area contributed by atoms with Crippen LogP contribution in [-0.4, -0.2) is 45.0 Å². The van der Waals surface area contributed by atoms with Crippen LogP contribution in [0.1, 0.15) is 37.0 Å². The second-order valence-electron chi connectivity index (χ2n) is 8.27. The van der Waals surface area contributed by atoms with Crippen LogP contribution in [0.3, 0.4) is 0 Å². The van der Waals surface area contributed by atoms with Gasteiger partial charge in [-0.2, -0.15) is 0 Å². The molecule has 172 valence electrons. The van der Waals surface area contributed by atoms with Crippen LogP contribution in [0, 0.1) is 5.82 Å². The third-order valence-electron chi connectivity index (χ3n) is 5.67. The summed E-state index contributed by atoms with van der Waals surface area (Å²) in [6.07, 6.45) is 4.13. The topological polar surface area (TPSA) is 140 Å². The number of nitrogens with one attached hydrogen (secondary N) is 1. The molecule has 3 heterocycles. The molecule has 0 saturated heterocycles. The Kier molecular flexibility index (Phi) is 5.54. The lowest BCUT2D eigenvalue weighted by atomic mass is 9.82. The summed E-state index contributed by atoms with van der Waals surface area (Å²) >= 11 is 0. The van der Waals surface area contributed by atoms with Gasteiger partial charge in [0.1, 0.15) is 40.6 Å². The zero-order chi connectivity index (χ0) is 23.8. The molecule has 0 saturated carbocycles. The molecule has 0 fully saturated rings. The maximum Gasteiger partial charge on any atom is 0.271 e. The molecule has 4 N–H and O–H groups in total. The Morgan fingerprint density at radius 3 is 2.70 bits per heavy atom. The summed E-state index contributed by atoms with van der Waals surface area (Å²) in [5.41, 5.74) is 4.46. The number of rotatable bonds is 6. The molecule has 0 spiro atoms. The molecule has 0 unspecified atom stereocenters. The first-order valence-electron chi connectivity index (χ1n) is 10.1. The molecule has 1 aromatic carbocycles. The smallest absolute Gasteiger partial charge is 0.271 e. The zero-order valence-electron chi connectivity index (χ0n) is 18.0. The first-order chi connectivity index (χ1) is 15.6. The summed E-state index contributed by atoms with van der Waals surface area (Å²) in [5, 5.41) is 13.8. The lowest BCUT2D eigenvalue weighted by Crippen LogP contribution is -2.41. The summed E-state index contributed by atoms with van der Waals surface area (Å²) in [6.45, 7) is 2.92. The first kappa shape index (κ1) is 22.3. The molecule has 2 amide bonds. The van der Waals surface area contributed by atoms with Crippen molar-refractivity contribution in [3.8, 4) is 17.0 Å². The van der Waals surface area contributed by atoms with E-state index >= 15 is 0 Å². The minimum Gasteiger partial charge on any atom is -0.489 e. The molecule has 9 nitrogen and oxygen atoms in total. The number of nitrogens with zero attached hydrogens (tertiary/aromatic N) is 3. The van der Waals surface area contributed by atoms with Crippen molar-refractivity contribution in [2.75, 3.05) is 13.2 Å². The average Bonchev–Trinajstić information content (AvgIpc) is 3.16. The predicted molar refractivity (Wildman–Crippen MR) is 118 cm³/mol. The number of carbonyl (C=O) groups excluding carboxylic acids is 2. The van der Waals surface area contributed by atoms with Gasteiger partial charge in [0.15, 0.2) is 0 Å². The Hall–Kier alpha value is -3.92. The van der Waals surface area contributed by atoms with Crippen molar-refractivity contribution in [3.05, 3.63) is 71.7 Å². The number of aromatic nitrogens is 3. The molecule has 33 heavy (non-hydrogen) atoms. The van der Waals surface area contributed by atoms with Crippen LogP contribution < -0.4 is 15.8 Å². The normalized spacial score (nSPS) is 18.7. The van der Waals surface area contributed by atoms with Crippen LogP contribution in [-0.2, 0) is 15.8 Å². The summed E-state index contributed by atoms with van der Waals surface area (Å²) in [4.78, 5) is 37.0. The number of amides is 2. The number of primary amides is 1. The number of hydrogen-bond donors (Lipinski definition) is 3. The maximum atomic E-state index is 13.5. The van der Waals surface area contributed by atoms with E-state index in [1.807, 2.05) is 0 Å². The van der Waals surface area contributed by atoms with E-state index in [9.17, 15) is 19.1 Å². The lowest BCUT2D eigenvalue weighted by molar-refractivity contribution is -0.123. The van der Waals surface area contributed by atoms with Crippen LogP contribution in [0.25, 0.3) is 11.3 Å². The van der Waals surface area contributed by atoms with E-state index in [0.717, 1.165) is 0 Å². The second kappa shape index (κ2) is 8.21. The number of ether oxygens (including phenoxy) is 1. The highest BCUT2D eigenvalue weighted by Gasteiger charge is 2.45. The van der Waals surface area contributed by atoms with Gasteiger partial charge in [0, 0.05) is 24.9 Å². The van der Waals surface area contributed by atoms with Crippen molar-refractivity contribution in [1.29, 1.82) is 0 Å². The van der Waals surface area contributed by atoms with Gasteiger partial charge in [-0.05, 0) is 44.2 Å². The standard InChI is InChI=1S/C23H22FN5O4.H2/c1-22(21(25)31)12-33-19-15(22)9-17(29-18(19)13-3-5-14(24)6-4-13)23(2,32)11-28-20(30)16-10-26-7-8-27-16;/h3-10,32H,11-12H2,1-2H3,(H2,25,31)(H,28,30);1H/t22-,23-;/m0./s1. The van der Waals surface area contributed by atoms with E-state index in [4.69, 9.17) is 10.5 Å². The van der Waals surface area contributed by atoms with Gasteiger partial charge < -0.3 is 20.9 Å². The number of carbonyl (C=O) groups is 2. The fourth-order valence-electron chi connectivity index (χ4n) is 3.52. The van der Waals surface area contributed by atoms with Gasteiger partial charge in [-0.15, -0.1) is 0 Å². The maximum absolute atomic E-state index is 13.5. The highest BCUT2D eigenvalue weighted by Crippen LogP contribution is 2.45. The Labute approximate surface area is 190 Å². The highest BCUT2D eigenvalue weighted by atomic mass is 19.1. The third kappa shape index (κ3) is 4.12. The Morgan fingerprint density at radius 2 is 2.06 bits per heavy atom. The largest absolute Gasteiger partial charge is 0.489 e. The molecule has 0 bridgehead atoms. The number of fused-ring (bicyclic) bond motifs is 1. The minimum absolute atomic E-state index is 0. The monoisotopic (exact) mass is 453 g/mol. The van der Waals surface area contributed by atoms with Crippen LogP contribution >= 0.6 is 0 Å². The number of hydrogen-bond acceptors (Lipinski definition) is 7. The van der Waals surface area contributed by atoms with Gasteiger partial charge in [-0.25, -0.2) is 14.4 Å². The zero-order valence-corrected chi connectivity index (χ0v) is 18.0. The van der Waals surface area contributed by atoms with Crippen molar-refractivity contribution in [2.24, 2.45) is 5.73 Å². The van der Waals surface area contributed by atoms with Crippen LogP contribution in [0.2, 0.25) is 0 Å². The van der Waals surface area contributed by atoms with E-state index < -0.39 is 28.6 Å². The van der Waals surface area contributed by atoms with E-state index in [0.29, 0.717) is 22.6 Å². The van der Waals surface area contributed by atoms with Crippen LogP contribution in [0.4, 0.5) is 4.39 Å². The molecule has 3 aromatic rings. The number of pyridine rings is 1. The Balaban J connectivity index is 0.00000324. The van der Waals surface area contributed by atoms with Crippen molar-refractivity contribution >= 4 is 11.8 Å². The molecule has 0 aliphatic carbocycles. The molecule has 1 aliphatic heterocycles. The summed E-state index contributed by atoms with van der Waals surface area (Å²) < 4.78 is 19.3. The van der Waals surface area contributed by atoms with Crippen LogP contribution in [0.15, 0.2) is 48.9 Å². The van der Waals surface area contributed by atoms with Gasteiger partial charge in [0.25, 0.3) is 5.91 Å². The van der Waals surface area contributed by atoms with E-state index in [2.05, 4.69) is 20.3 Å². The molecular formula is C23H24FN5O4. The van der Waals surface area contributed by atoms with Crippen LogP contribution in [0.5, 0.6) is 5.75 Å². The fourth-order valence-corrected chi connectivity index (χ4v) is 3.52. The van der Waals surface area contributed by atoms with Gasteiger partial charge in [0.05, 0.1) is 18.4 Å². The van der Waals surface area contributed by atoms with Crippen molar-refractivity contribution in [3.63, 3.8) is 0 Å². The average molecular weight is 453 g/mol. The highest BCUT2D eigenvalue weighted by molar-refractivity contribution is 5.92. The Bertz CT molecular complexity index is 1220. The van der Waals surface area contributed by atoms with Gasteiger partial charge in [-0.3, -0.25) is 14.6 Å². The van der Waals surface area contributed by atoms with Gasteiger partial charge >= 0.3 is 0 Å². The second-order valence-corrected chi connectivity index (χ2v) is 8.27. The molecular weight excluding hydrogens is 429 g/mol. The van der Waals surface area contributed by atoms with E-state index in [-0.39, 0.29) is 26.0 Å². The number of benzene rings is 1. The molecule has 1 aliphatic rings. The molecule has 4 rings (SSSR count). The SMILES string of the molecule is C[C@](O)(CNC(=O)c1cnccn1)c1cc2c(c(-c3ccc(F)cc3)n1)OC[C@]2(C)C(N)=O.[HH]. The number of halogens is 1. The molecule has 10 heteroatoms. The van der Waals surface area contributed by atoms with Gasteiger partial charge in [0.2, 0.25) is 5.91 Å². The lowest BCUT2D eigenvalue weighted by Gasteiger charge is -2.26. The summed E-state index contributed by atoms with van der Waals surface area (Å²) in [5.74, 6) is -1.20. The van der Waals surface area contributed by atoms with Crippen molar-refractivity contribution in [1.82, 2.24) is 20.3 Å². The third-order valence-corrected chi connectivity index (χ3v) is 5.67. The summed E-state index contributed by atoms with van der Waals surface area (Å²) in [7, 11) is 0. The molecule has 2 aromatic heterocycles. The van der Waals surface area contributed by atoms with E-state index in [1.165, 1.54) is 49.8 Å². The predicted octanol–water partition coefficient (Wildman–Crippen LogP) is 1.70. The molecule has 0 radical (unpaired) electrons. The minimum atomic E-state index is -1.64. The quantitative estimate of drug-likeness (QED) is 0.516. The number of nitrogens with two attached hydrogens (primary N) is 1. The van der Waals surface area contributed by atoms with Crippen molar-refractivity contribution in [2.45, 2.75) is 24.9 Å². The van der Waals surface area contributed by atoms with Gasteiger partial charge in [-0.1, -0.05) is 0 Å². The first-order valence-corrected chi connectivity index (χ1v) is 10.1. The van der Waals surface area contributed by atoms with Crippen molar-refractivity contribution < 1.29 is 25.2 Å². The molecule has 2 atom stereocenters.